The van der Waals surface area contributed by atoms with Crippen molar-refractivity contribution in [1.29, 1.82) is 0 Å². The minimum Gasteiger partial charge on any atom is -0.493 e. The van der Waals surface area contributed by atoms with E-state index in [-0.39, 0.29) is 12.5 Å². The Labute approximate surface area is 158 Å². The third kappa shape index (κ3) is 4.16. The summed E-state index contributed by atoms with van der Waals surface area (Å²) in [5.41, 5.74) is 2.13. The number of amides is 1. The molecule has 1 heterocycles. The van der Waals surface area contributed by atoms with Crippen molar-refractivity contribution in [3.8, 4) is 11.6 Å². The molecule has 0 saturated heterocycles. The Bertz CT molecular complexity index is 976. The number of carbonyl (C=O) groups excluding carboxylic acids is 1. The van der Waals surface area contributed by atoms with Crippen LogP contribution in [0.15, 0.2) is 58.8 Å². The van der Waals surface area contributed by atoms with Crippen LogP contribution >= 0.6 is 0 Å². The highest BCUT2D eigenvalue weighted by atomic mass is 16.5. The molecular formula is C21H23N3O3. The van der Waals surface area contributed by atoms with E-state index in [0.717, 1.165) is 29.3 Å². The van der Waals surface area contributed by atoms with E-state index in [0.29, 0.717) is 18.0 Å². The van der Waals surface area contributed by atoms with E-state index >= 15 is 0 Å². The fraction of sp³-hybridized carbons (Fsp3) is 0.286. The van der Waals surface area contributed by atoms with Crippen molar-refractivity contribution >= 4 is 22.5 Å². The molecule has 3 aromatic rings. The molecule has 140 valence electrons. The normalized spacial score (nSPS) is 11.3. The molecule has 6 nitrogen and oxygen atoms in total. The van der Waals surface area contributed by atoms with Crippen LogP contribution in [-0.2, 0) is 11.3 Å². The number of rotatable bonds is 7. The van der Waals surface area contributed by atoms with E-state index in [1.165, 1.54) is 0 Å². The summed E-state index contributed by atoms with van der Waals surface area (Å²) in [5, 5.41) is 19.1. The van der Waals surface area contributed by atoms with Crippen LogP contribution in [0.1, 0.15) is 25.3 Å². The molecule has 0 saturated carbocycles. The molecule has 0 radical (unpaired) electrons. The lowest BCUT2D eigenvalue weighted by Gasteiger charge is -2.05. The van der Waals surface area contributed by atoms with Crippen molar-refractivity contribution in [2.45, 2.75) is 33.2 Å². The topological polar surface area (TPSA) is 76.2 Å². The molecular weight excluding hydrogens is 342 g/mol. The Balaban J connectivity index is 1.78. The maximum absolute atomic E-state index is 12.1. The second kappa shape index (κ2) is 8.49. The van der Waals surface area contributed by atoms with Crippen molar-refractivity contribution in [2.24, 2.45) is 10.2 Å². The number of unbranched alkanes of at least 4 members (excludes halogenated alkanes) is 1. The number of nitrogens with zero attached hydrogens (tertiary/aromatic N) is 3. The van der Waals surface area contributed by atoms with E-state index < -0.39 is 5.91 Å². The first-order valence-electron chi connectivity index (χ1n) is 9.05. The maximum atomic E-state index is 12.1. The monoisotopic (exact) mass is 365 g/mol. The van der Waals surface area contributed by atoms with Crippen molar-refractivity contribution in [1.82, 2.24) is 4.57 Å². The first-order chi connectivity index (χ1) is 13.1. The van der Waals surface area contributed by atoms with E-state index in [2.05, 4.69) is 17.2 Å². The lowest BCUT2D eigenvalue weighted by atomic mass is 10.2. The number of benzene rings is 2. The first kappa shape index (κ1) is 18.6. The molecule has 0 aliphatic carbocycles. The van der Waals surface area contributed by atoms with Gasteiger partial charge in [-0.25, -0.2) is 0 Å². The van der Waals surface area contributed by atoms with Crippen molar-refractivity contribution in [3.63, 3.8) is 0 Å². The quantitative estimate of drug-likeness (QED) is 0.589. The van der Waals surface area contributed by atoms with E-state index in [1.807, 2.05) is 54.0 Å². The number of carbonyl (C=O) groups is 1. The number of para-hydroxylation sites is 2. The molecule has 0 atom stereocenters. The first-order valence-corrected chi connectivity index (χ1v) is 9.05. The molecule has 1 amide bonds. The minimum absolute atomic E-state index is 0.0287. The Morgan fingerprint density at radius 2 is 1.89 bits per heavy atom. The zero-order valence-electron chi connectivity index (χ0n) is 15.6. The lowest BCUT2D eigenvalue weighted by molar-refractivity contribution is -0.120. The number of hydrogen-bond donors (Lipinski definition) is 1. The van der Waals surface area contributed by atoms with Gasteiger partial charge in [0.2, 0.25) is 5.88 Å². The predicted molar refractivity (Wildman–Crippen MR) is 105 cm³/mol. The highest BCUT2D eigenvalue weighted by molar-refractivity contribution is 5.95. The van der Waals surface area contributed by atoms with E-state index in [4.69, 9.17) is 4.74 Å². The van der Waals surface area contributed by atoms with Crippen LogP contribution in [0.4, 0.5) is 5.69 Å². The van der Waals surface area contributed by atoms with Crippen molar-refractivity contribution in [2.75, 3.05) is 6.61 Å². The minimum atomic E-state index is -0.511. The number of ether oxygens (including phenoxy) is 1. The average molecular weight is 365 g/mol. The summed E-state index contributed by atoms with van der Waals surface area (Å²) in [6.45, 7) is 4.48. The summed E-state index contributed by atoms with van der Waals surface area (Å²) in [7, 11) is 0. The third-order valence-electron chi connectivity index (χ3n) is 4.36. The average Bonchev–Trinajstić information content (AvgIpc) is 2.95. The fourth-order valence-corrected chi connectivity index (χ4v) is 2.91. The maximum Gasteiger partial charge on any atom is 0.302 e. The van der Waals surface area contributed by atoms with Gasteiger partial charge in [0.15, 0.2) is 12.3 Å². The molecule has 0 aliphatic heterocycles. The summed E-state index contributed by atoms with van der Waals surface area (Å²) in [6, 6.07) is 15.0. The number of azo groups is 1. The molecule has 0 unspecified atom stereocenters. The van der Waals surface area contributed by atoms with Crippen molar-refractivity contribution in [3.05, 3.63) is 54.1 Å². The molecule has 2 aromatic carbocycles. The second-order valence-corrected chi connectivity index (χ2v) is 6.34. The summed E-state index contributed by atoms with van der Waals surface area (Å²) in [5.74, 6) is 0.157. The highest BCUT2D eigenvalue weighted by Crippen LogP contribution is 2.38. The van der Waals surface area contributed by atoms with Gasteiger partial charge >= 0.3 is 5.91 Å². The van der Waals surface area contributed by atoms with Gasteiger partial charge in [0, 0.05) is 11.9 Å². The number of hydrogen-bond acceptors (Lipinski definition) is 4. The van der Waals surface area contributed by atoms with E-state index in [9.17, 15) is 9.90 Å². The number of aromatic nitrogens is 1. The summed E-state index contributed by atoms with van der Waals surface area (Å²) in [6.07, 6.45) is 1.95. The SMILES string of the molecule is CCCCn1c(O)c(N=NC(=O)COc2ccccc2C)c2ccccc21. The third-order valence-corrected chi connectivity index (χ3v) is 4.36. The van der Waals surface area contributed by atoms with Gasteiger partial charge in [-0.05, 0) is 31.0 Å². The summed E-state index contributed by atoms with van der Waals surface area (Å²) >= 11 is 0. The van der Waals surface area contributed by atoms with Gasteiger partial charge in [-0.1, -0.05) is 49.7 Å². The van der Waals surface area contributed by atoms with Crippen LogP contribution in [0.5, 0.6) is 11.6 Å². The van der Waals surface area contributed by atoms with Gasteiger partial charge in [0.25, 0.3) is 0 Å². The standard InChI is InChI=1S/C21H23N3O3/c1-3-4-13-24-17-11-7-6-10-16(17)20(21(24)26)23-22-19(25)14-27-18-12-8-5-9-15(18)2/h5-12,26H,3-4,13-14H2,1-2H3. The molecule has 27 heavy (non-hydrogen) atoms. The van der Waals surface area contributed by atoms with Gasteiger partial charge in [-0.3, -0.25) is 4.79 Å². The zero-order chi connectivity index (χ0) is 19.2. The Hall–Kier alpha value is -3.15. The molecule has 3 rings (SSSR count). The van der Waals surface area contributed by atoms with Gasteiger partial charge < -0.3 is 14.4 Å². The van der Waals surface area contributed by atoms with Crippen LogP contribution in [0, 0.1) is 6.92 Å². The molecule has 0 bridgehead atoms. The van der Waals surface area contributed by atoms with Gasteiger partial charge in [0.05, 0.1) is 5.52 Å². The molecule has 6 heteroatoms. The predicted octanol–water partition coefficient (Wildman–Crippen LogP) is 5.14. The van der Waals surface area contributed by atoms with Crippen LogP contribution in [0.25, 0.3) is 10.9 Å². The van der Waals surface area contributed by atoms with Crippen LogP contribution in [0.2, 0.25) is 0 Å². The lowest BCUT2D eigenvalue weighted by Crippen LogP contribution is -2.08. The summed E-state index contributed by atoms with van der Waals surface area (Å²) < 4.78 is 7.30. The van der Waals surface area contributed by atoms with Crippen LogP contribution in [0.3, 0.4) is 0 Å². The van der Waals surface area contributed by atoms with Gasteiger partial charge in [0.1, 0.15) is 5.75 Å². The molecule has 0 spiro atoms. The number of fused-ring (bicyclic) bond motifs is 1. The van der Waals surface area contributed by atoms with E-state index in [1.54, 1.807) is 6.07 Å². The number of aromatic hydroxyl groups is 1. The fourth-order valence-electron chi connectivity index (χ4n) is 2.91. The molecule has 1 aromatic heterocycles. The van der Waals surface area contributed by atoms with Crippen LogP contribution in [-0.4, -0.2) is 22.2 Å². The highest BCUT2D eigenvalue weighted by Gasteiger charge is 2.16. The van der Waals surface area contributed by atoms with Gasteiger partial charge in [-0.2, -0.15) is 0 Å². The van der Waals surface area contributed by atoms with Gasteiger partial charge in [-0.15, -0.1) is 10.2 Å². The Morgan fingerprint density at radius 3 is 2.67 bits per heavy atom. The van der Waals surface area contributed by atoms with Crippen molar-refractivity contribution < 1.29 is 14.6 Å². The Morgan fingerprint density at radius 1 is 1.15 bits per heavy atom. The molecule has 0 fully saturated rings. The Kier molecular flexibility index (Phi) is 5.86. The summed E-state index contributed by atoms with van der Waals surface area (Å²) in [4.78, 5) is 12.1. The second-order valence-electron chi connectivity index (χ2n) is 6.34. The molecule has 0 aliphatic rings. The number of aryl methyl sites for hydroxylation is 2. The smallest absolute Gasteiger partial charge is 0.302 e. The van der Waals surface area contributed by atoms with Crippen LogP contribution < -0.4 is 4.74 Å². The molecule has 1 N–H and O–H groups in total. The zero-order valence-corrected chi connectivity index (χ0v) is 15.6. The largest absolute Gasteiger partial charge is 0.493 e.